The number of para-hydroxylation sites is 1. The lowest BCUT2D eigenvalue weighted by atomic mass is 10.2. The molecule has 2 rings (SSSR count). The highest BCUT2D eigenvalue weighted by molar-refractivity contribution is 5.66. The summed E-state index contributed by atoms with van der Waals surface area (Å²) >= 11 is 0. The molecule has 18 heavy (non-hydrogen) atoms. The van der Waals surface area contributed by atoms with Crippen LogP contribution in [-0.2, 0) is 0 Å². The number of hydrogen-bond donors (Lipinski definition) is 2. The van der Waals surface area contributed by atoms with Crippen LogP contribution in [0.5, 0.6) is 0 Å². The number of benzene rings is 1. The molecule has 0 aliphatic rings. The van der Waals surface area contributed by atoms with E-state index in [1.54, 1.807) is 13.1 Å². The monoisotopic (exact) mass is 246 g/mol. The predicted molar refractivity (Wildman–Crippen MR) is 70.7 cm³/mol. The van der Waals surface area contributed by atoms with Gasteiger partial charge in [0.15, 0.2) is 0 Å². The Bertz CT molecular complexity index is 549. The summed E-state index contributed by atoms with van der Waals surface area (Å²) in [4.78, 5) is 8.22. The molecular weight excluding hydrogens is 231 g/mol. The Morgan fingerprint density at radius 1 is 1.11 bits per heavy atom. The second-order valence-electron chi connectivity index (χ2n) is 4.00. The highest BCUT2D eigenvalue weighted by Crippen LogP contribution is 2.26. The summed E-state index contributed by atoms with van der Waals surface area (Å²) in [5.74, 6) is 1.03. The maximum absolute atomic E-state index is 13.7. The topological polar surface area (TPSA) is 49.8 Å². The third kappa shape index (κ3) is 2.25. The van der Waals surface area contributed by atoms with Crippen molar-refractivity contribution in [2.75, 3.05) is 17.7 Å². The van der Waals surface area contributed by atoms with E-state index in [1.807, 2.05) is 19.9 Å². The Hall–Kier alpha value is -2.17. The molecule has 2 aromatic rings. The van der Waals surface area contributed by atoms with Crippen molar-refractivity contribution < 1.29 is 4.39 Å². The minimum Gasteiger partial charge on any atom is -0.373 e. The lowest BCUT2D eigenvalue weighted by Crippen LogP contribution is -2.04. The van der Waals surface area contributed by atoms with Gasteiger partial charge in [-0.2, -0.15) is 0 Å². The van der Waals surface area contributed by atoms with E-state index in [0.29, 0.717) is 11.5 Å². The van der Waals surface area contributed by atoms with Gasteiger partial charge in [-0.05, 0) is 25.5 Å². The van der Waals surface area contributed by atoms with Gasteiger partial charge in [-0.15, -0.1) is 0 Å². The summed E-state index contributed by atoms with van der Waals surface area (Å²) in [6.45, 7) is 3.73. The third-order valence-corrected chi connectivity index (χ3v) is 2.79. The van der Waals surface area contributed by atoms with Crippen LogP contribution in [0.3, 0.4) is 0 Å². The first kappa shape index (κ1) is 12.3. The van der Waals surface area contributed by atoms with E-state index in [9.17, 15) is 4.39 Å². The van der Waals surface area contributed by atoms with Gasteiger partial charge in [-0.25, -0.2) is 14.4 Å². The zero-order chi connectivity index (χ0) is 13.1. The summed E-state index contributed by atoms with van der Waals surface area (Å²) in [6.07, 6.45) is 1.44. The van der Waals surface area contributed by atoms with Crippen molar-refractivity contribution in [2.45, 2.75) is 13.8 Å². The molecule has 0 saturated heterocycles. The molecule has 4 nitrogen and oxygen atoms in total. The molecular formula is C13H15FN4. The fourth-order valence-corrected chi connectivity index (χ4v) is 1.74. The molecule has 1 aromatic carbocycles. The van der Waals surface area contributed by atoms with Gasteiger partial charge in [-0.1, -0.05) is 12.1 Å². The largest absolute Gasteiger partial charge is 0.373 e. The second-order valence-corrected chi connectivity index (χ2v) is 4.00. The van der Waals surface area contributed by atoms with Gasteiger partial charge in [0.1, 0.15) is 23.8 Å². The first-order valence-electron chi connectivity index (χ1n) is 5.65. The molecule has 0 aliphatic carbocycles. The van der Waals surface area contributed by atoms with Crippen LogP contribution in [0.25, 0.3) is 0 Å². The van der Waals surface area contributed by atoms with Crippen LogP contribution in [0.4, 0.5) is 21.7 Å². The molecule has 0 unspecified atom stereocenters. The van der Waals surface area contributed by atoms with Crippen LogP contribution in [0.1, 0.15) is 11.1 Å². The van der Waals surface area contributed by atoms with Crippen molar-refractivity contribution in [3.63, 3.8) is 0 Å². The van der Waals surface area contributed by atoms with Gasteiger partial charge in [0, 0.05) is 12.6 Å². The van der Waals surface area contributed by atoms with E-state index in [2.05, 4.69) is 20.6 Å². The van der Waals surface area contributed by atoms with Crippen LogP contribution in [0.15, 0.2) is 24.5 Å². The average molecular weight is 246 g/mol. The number of halogens is 1. The molecule has 0 amide bonds. The molecule has 5 heteroatoms. The number of hydrogen-bond acceptors (Lipinski definition) is 4. The van der Waals surface area contributed by atoms with Gasteiger partial charge in [0.2, 0.25) is 0 Å². The summed E-state index contributed by atoms with van der Waals surface area (Å²) in [7, 11) is 1.79. The summed E-state index contributed by atoms with van der Waals surface area (Å²) in [6, 6.07) is 4.95. The fraction of sp³-hybridized carbons (Fsp3) is 0.231. The van der Waals surface area contributed by atoms with Gasteiger partial charge in [0.25, 0.3) is 0 Å². The van der Waals surface area contributed by atoms with E-state index in [4.69, 9.17) is 0 Å². The molecule has 0 spiro atoms. The van der Waals surface area contributed by atoms with E-state index in [0.717, 1.165) is 16.9 Å². The molecule has 0 saturated carbocycles. The van der Waals surface area contributed by atoms with Crippen LogP contribution in [0.2, 0.25) is 0 Å². The van der Waals surface area contributed by atoms with Crippen LogP contribution in [0, 0.1) is 19.7 Å². The van der Waals surface area contributed by atoms with Crippen LogP contribution in [-0.4, -0.2) is 17.0 Å². The molecule has 94 valence electrons. The van der Waals surface area contributed by atoms with Gasteiger partial charge in [-0.3, -0.25) is 0 Å². The highest BCUT2D eigenvalue weighted by atomic mass is 19.1. The standard InChI is InChI=1S/C13H15FN4/c1-8-5-4-6-10(14)11(8)18-13-9(2)12(15-3)16-7-17-13/h4-7H,1-3H3,(H2,15,16,17,18). The first-order chi connectivity index (χ1) is 8.63. The Morgan fingerprint density at radius 2 is 1.83 bits per heavy atom. The molecule has 2 N–H and O–H groups in total. The van der Waals surface area contributed by atoms with Crippen LogP contribution < -0.4 is 10.6 Å². The summed E-state index contributed by atoms with van der Waals surface area (Å²) in [5.41, 5.74) is 2.13. The maximum atomic E-state index is 13.7. The Labute approximate surface area is 105 Å². The molecule has 0 radical (unpaired) electrons. The van der Waals surface area contributed by atoms with E-state index in [-0.39, 0.29) is 5.82 Å². The number of aromatic nitrogens is 2. The quantitative estimate of drug-likeness (QED) is 0.874. The number of anilines is 3. The number of nitrogens with one attached hydrogen (secondary N) is 2. The molecule has 1 aromatic heterocycles. The minimum atomic E-state index is -0.293. The SMILES string of the molecule is CNc1ncnc(Nc2c(C)cccc2F)c1C. The Morgan fingerprint density at radius 3 is 2.50 bits per heavy atom. The predicted octanol–water partition coefficient (Wildman–Crippen LogP) is 3.02. The maximum Gasteiger partial charge on any atom is 0.146 e. The van der Waals surface area contributed by atoms with E-state index < -0.39 is 0 Å². The molecule has 1 heterocycles. The molecule has 0 fully saturated rings. The number of aryl methyl sites for hydroxylation is 1. The summed E-state index contributed by atoms with van der Waals surface area (Å²) in [5, 5.41) is 5.98. The minimum absolute atomic E-state index is 0.293. The zero-order valence-corrected chi connectivity index (χ0v) is 10.6. The van der Waals surface area contributed by atoms with E-state index in [1.165, 1.54) is 12.4 Å². The van der Waals surface area contributed by atoms with Crippen molar-refractivity contribution in [1.82, 2.24) is 9.97 Å². The normalized spacial score (nSPS) is 10.2. The van der Waals surface area contributed by atoms with Gasteiger partial charge >= 0.3 is 0 Å². The smallest absolute Gasteiger partial charge is 0.146 e. The van der Waals surface area contributed by atoms with Crippen molar-refractivity contribution in [3.8, 4) is 0 Å². The van der Waals surface area contributed by atoms with Gasteiger partial charge < -0.3 is 10.6 Å². The molecule has 0 atom stereocenters. The Balaban J connectivity index is 2.40. The van der Waals surface area contributed by atoms with E-state index >= 15 is 0 Å². The van der Waals surface area contributed by atoms with Crippen LogP contribution >= 0.6 is 0 Å². The van der Waals surface area contributed by atoms with Gasteiger partial charge in [0.05, 0.1) is 5.69 Å². The number of rotatable bonds is 3. The molecule has 0 bridgehead atoms. The zero-order valence-electron chi connectivity index (χ0n) is 10.6. The fourth-order valence-electron chi connectivity index (χ4n) is 1.74. The third-order valence-electron chi connectivity index (χ3n) is 2.79. The van der Waals surface area contributed by atoms with Crippen molar-refractivity contribution in [2.24, 2.45) is 0 Å². The van der Waals surface area contributed by atoms with Crippen molar-refractivity contribution in [3.05, 3.63) is 41.5 Å². The second kappa shape index (κ2) is 5.00. The van der Waals surface area contributed by atoms with Crippen molar-refractivity contribution >= 4 is 17.3 Å². The van der Waals surface area contributed by atoms with Crippen molar-refractivity contribution in [1.29, 1.82) is 0 Å². The lowest BCUT2D eigenvalue weighted by Gasteiger charge is -2.13. The average Bonchev–Trinajstić information content (AvgIpc) is 2.36. The highest BCUT2D eigenvalue weighted by Gasteiger charge is 2.10. The number of nitrogens with zero attached hydrogens (tertiary/aromatic N) is 2. The first-order valence-corrected chi connectivity index (χ1v) is 5.65. The molecule has 0 aliphatic heterocycles. The Kier molecular flexibility index (Phi) is 3.41. The lowest BCUT2D eigenvalue weighted by molar-refractivity contribution is 0.630. The summed E-state index contributed by atoms with van der Waals surface area (Å²) < 4.78 is 13.7.